The number of hydrogen-bond acceptors (Lipinski definition) is 3. The molecule has 4 nitrogen and oxygen atoms in total. The smallest absolute Gasteiger partial charge is 0.241 e. The molecule has 2 aromatic carbocycles. The van der Waals surface area contributed by atoms with Gasteiger partial charge in [0.2, 0.25) is 10.0 Å². The van der Waals surface area contributed by atoms with Crippen molar-refractivity contribution in [3.8, 4) is 0 Å². The highest BCUT2D eigenvalue weighted by atomic mass is 35.5. The van der Waals surface area contributed by atoms with Crippen molar-refractivity contribution in [2.45, 2.75) is 10.9 Å². The lowest BCUT2D eigenvalue weighted by atomic mass is 10.1. The minimum Gasteiger partial charge on any atom is -0.307 e. The lowest BCUT2D eigenvalue weighted by molar-refractivity contribution is 0.363. The zero-order valence-electron chi connectivity index (χ0n) is 13.1. The second-order valence-corrected chi connectivity index (χ2v) is 8.53. The van der Waals surface area contributed by atoms with E-state index in [9.17, 15) is 8.42 Å². The second kappa shape index (κ2) is 8.04. The van der Waals surface area contributed by atoms with Gasteiger partial charge in [-0.05, 0) is 56.1 Å². The molecule has 0 amide bonds. The minimum atomic E-state index is -3.70. The van der Waals surface area contributed by atoms with Crippen molar-refractivity contribution < 1.29 is 8.42 Å². The second-order valence-electron chi connectivity index (χ2n) is 5.56. The van der Waals surface area contributed by atoms with Crippen LogP contribution in [0.5, 0.6) is 0 Å². The fourth-order valence-electron chi connectivity index (χ4n) is 2.17. The molecule has 0 bridgehead atoms. The van der Waals surface area contributed by atoms with E-state index in [1.54, 1.807) is 18.2 Å². The van der Waals surface area contributed by atoms with Crippen molar-refractivity contribution in [2.75, 3.05) is 20.6 Å². The van der Waals surface area contributed by atoms with E-state index in [1.807, 2.05) is 19.0 Å². The fraction of sp³-hybridized carbons (Fsp3) is 0.250. The summed E-state index contributed by atoms with van der Waals surface area (Å²) >= 11 is 17.8. The molecule has 0 heterocycles. The maximum atomic E-state index is 12.6. The van der Waals surface area contributed by atoms with E-state index in [4.69, 9.17) is 34.8 Å². The zero-order chi connectivity index (χ0) is 17.9. The van der Waals surface area contributed by atoms with E-state index in [-0.39, 0.29) is 4.90 Å². The van der Waals surface area contributed by atoms with Gasteiger partial charge in [0.15, 0.2) is 0 Å². The Labute approximate surface area is 157 Å². The van der Waals surface area contributed by atoms with Gasteiger partial charge >= 0.3 is 0 Å². The molecule has 2 aromatic rings. The molecule has 0 saturated carbocycles. The normalized spacial score (nSPS) is 13.2. The quantitative estimate of drug-likeness (QED) is 0.779. The molecule has 0 aliphatic rings. The van der Waals surface area contributed by atoms with Crippen molar-refractivity contribution in [2.24, 2.45) is 0 Å². The fourth-order valence-corrected chi connectivity index (χ4v) is 3.82. The Morgan fingerprint density at radius 1 is 1.00 bits per heavy atom. The highest BCUT2D eigenvalue weighted by molar-refractivity contribution is 7.89. The SMILES string of the molecule is CN(C)C[C@H](NS(=O)(=O)c1ccc(Cl)cc1)c1ccc(Cl)c(Cl)c1. The van der Waals surface area contributed by atoms with Crippen LogP contribution >= 0.6 is 34.8 Å². The van der Waals surface area contributed by atoms with Crippen LogP contribution in [0.25, 0.3) is 0 Å². The first-order valence-electron chi connectivity index (χ1n) is 7.06. The summed E-state index contributed by atoms with van der Waals surface area (Å²) in [6.07, 6.45) is 0. The van der Waals surface area contributed by atoms with Crippen molar-refractivity contribution in [3.63, 3.8) is 0 Å². The predicted octanol–water partition coefficient (Wildman–Crippen LogP) is 4.23. The van der Waals surface area contributed by atoms with Gasteiger partial charge in [-0.2, -0.15) is 0 Å². The molecule has 0 fully saturated rings. The van der Waals surface area contributed by atoms with Gasteiger partial charge in [-0.25, -0.2) is 13.1 Å². The summed E-state index contributed by atoms with van der Waals surface area (Å²) in [7, 11) is 0.0201. The monoisotopic (exact) mass is 406 g/mol. The van der Waals surface area contributed by atoms with Gasteiger partial charge in [-0.1, -0.05) is 40.9 Å². The van der Waals surface area contributed by atoms with Gasteiger partial charge in [0.05, 0.1) is 21.0 Å². The van der Waals surface area contributed by atoms with Crippen LogP contribution in [-0.4, -0.2) is 34.0 Å². The lowest BCUT2D eigenvalue weighted by Crippen LogP contribution is -2.35. The molecule has 0 aliphatic carbocycles. The van der Waals surface area contributed by atoms with Crippen LogP contribution in [0, 0.1) is 0 Å². The van der Waals surface area contributed by atoms with Gasteiger partial charge in [0.25, 0.3) is 0 Å². The van der Waals surface area contributed by atoms with Crippen LogP contribution in [-0.2, 0) is 10.0 Å². The molecule has 0 saturated heterocycles. The Morgan fingerprint density at radius 2 is 1.62 bits per heavy atom. The average Bonchev–Trinajstić information content (AvgIpc) is 2.49. The Hall–Kier alpha value is -0.820. The molecular weight excluding hydrogens is 391 g/mol. The molecule has 0 unspecified atom stereocenters. The van der Waals surface area contributed by atoms with E-state index in [2.05, 4.69) is 4.72 Å². The van der Waals surface area contributed by atoms with Crippen molar-refractivity contribution in [1.82, 2.24) is 9.62 Å². The molecule has 8 heteroatoms. The zero-order valence-corrected chi connectivity index (χ0v) is 16.2. The molecule has 0 aromatic heterocycles. The molecule has 0 radical (unpaired) electrons. The number of hydrogen-bond donors (Lipinski definition) is 1. The van der Waals surface area contributed by atoms with Crippen LogP contribution in [0.4, 0.5) is 0 Å². The summed E-state index contributed by atoms with van der Waals surface area (Å²) in [5, 5.41) is 1.27. The maximum Gasteiger partial charge on any atom is 0.241 e. The molecule has 2 rings (SSSR count). The number of nitrogens with one attached hydrogen (secondary N) is 1. The first-order chi connectivity index (χ1) is 11.2. The van der Waals surface area contributed by atoms with Crippen molar-refractivity contribution in [3.05, 3.63) is 63.1 Å². The van der Waals surface area contributed by atoms with Gasteiger partial charge < -0.3 is 4.90 Å². The number of rotatable bonds is 6. The van der Waals surface area contributed by atoms with E-state index in [1.165, 1.54) is 24.3 Å². The number of sulfonamides is 1. The van der Waals surface area contributed by atoms with Crippen LogP contribution < -0.4 is 4.72 Å². The minimum absolute atomic E-state index is 0.149. The highest BCUT2D eigenvalue weighted by Gasteiger charge is 2.22. The van der Waals surface area contributed by atoms with Gasteiger partial charge in [0.1, 0.15) is 0 Å². The third kappa shape index (κ3) is 5.09. The summed E-state index contributed by atoms with van der Waals surface area (Å²) in [5.41, 5.74) is 0.732. The Morgan fingerprint density at radius 3 is 2.17 bits per heavy atom. The van der Waals surface area contributed by atoms with E-state index in [0.717, 1.165) is 5.56 Å². The van der Waals surface area contributed by atoms with Crippen LogP contribution in [0.1, 0.15) is 11.6 Å². The standard InChI is InChI=1S/C16H17Cl3N2O2S/c1-21(2)10-16(11-3-8-14(18)15(19)9-11)20-24(22,23)13-6-4-12(17)5-7-13/h3-9,16,20H,10H2,1-2H3/t16-/m0/s1. The molecule has 24 heavy (non-hydrogen) atoms. The molecular formula is C16H17Cl3N2O2S. The number of likely N-dealkylation sites (N-methyl/N-ethyl adjacent to an activating group) is 1. The van der Waals surface area contributed by atoms with E-state index in [0.29, 0.717) is 21.6 Å². The number of benzene rings is 2. The Balaban J connectivity index is 2.34. The van der Waals surface area contributed by atoms with Gasteiger partial charge in [-0.3, -0.25) is 0 Å². The van der Waals surface area contributed by atoms with E-state index < -0.39 is 16.1 Å². The Kier molecular flexibility index (Phi) is 6.53. The largest absolute Gasteiger partial charge is 0.307 e. The number of nitrogens with zero attached hydrogens (tertiary/aromatic N) is 1. The molecule has 1 N–H and O–H groups in total. The van der Waals surface area contributed by atoms with E-state index >= 15 is 0 Å². The van der Waals surface area contributed by atoms with Crippen LogP contribution in [0.15, 0.2) is 47.4 Å². The van der Waals surface area contributed by atoms with Crippen molar-refractivity contribution >= 4 is 44.8 Å². The van der Waals surface area contributed by atoms with Gasteiger partial charge in [-0.15, -0.1) is 0 Å². The first-order valence-corrected chi connectivity index (χ1v) is 9.68. The first kappa shape index (κ1) is 19.5. The van der Waals surface area contributed by atoms with Crippen molar-refractivity contribution in [1.29, 1.82) is 0 Å². The Bertz CT molecular complexity index is 809. The third-order valence-electron chi connectivity index (χ3n) is 3.32. The summed E-state index contributed by atoms with van der Waals surface area (Å²) < 4.78 is 28.0. The summed E-state index contributed by atoms with van der Waals surface area (Å²) in [4.78, 5) is 2.04. The maximum absolute atomic E-state index is 12.6. The molecule has 0 spiro atoms. The van der Waals surface area contributed by atoms with Gasteiger partial charge in [0, 0.05) is 11.6 Å². The van der Waals surface area contributed by atoms with Crippen LogP contribution in [0.2, 0.25) is 15.1 Å². The third-order valence-corrected chi connectivity index (χ3v) is 5.79. The molecule has 0 aliphatic heterocycles. The lowest BCUT2D eigenvalue weighted by Gasteiger charge is -2.23. The van der Waals surface area contributed by atoms with Crippen LogP contribution in [0.3, 0.4) is 0 Å². The molecule has 1 atom stereocenters. The number of halogens is 3. The topological polar surface area (TPSA) is 49.4 Å². The summed E-state index contributed by atoms with van der Waals surface area (Å²) in [6.45, 7) is 0.463. The average molecular weight is 408 g/mol. The summed E-state index contributed by atoms with van der Waals surface area (Å²) in [5.74, 6) is 0. The summed E-state index contributed by atoms with van der Waals surface area (Å²) in [6, 6.07) is 10.6. The highest BCUT2D eigenvalue weighted by Crippen LogP contribution is 2.27. The molecule has 130 valence electrons. The predicted molar refractivity (Wildman–Crippen MR) is 99.5 cm³/mol.